The number of carbonyl (C=O) groups excluding carboxylic acids is 1. The summed E-state index contributed by atoms with van der Waals surface area (Å²) in [4.78, 5) is 11.4. The summed E-state index contributed by atoms with van der Waals surface area (Å²) >= 11 is 0. The summed E-state index contributed by atoms with van der Waals surface area (Å²) in [6.45, 7) is 5.22. The molecule has 2 aliphatic heterocycles. The second-order valence-corrected chi connectivity index (χ2v) is 8.43. The first-order chi connectivity index (χ1) is 11.8. The molecule has 0 saturated carbocycles. The molecule has 1 N–H and O–H groups in total. The lowest BCUT2D eigenvalue weighted by Crippen LogP contribution is -2.51. The molecule has 1 amide bonds. The second kappa shape index (κ2) is 7.03. The molecule has 25 heavy (non-hydrogen) atoms. The fraction of sp³-hybridized carbons (Fsp3) is 0.588. The van der Waals surface area contributed by atoms with Gasteiger partial charge in [-0.05, 0) is 37.1 Å². The number of hydrogen-bond donors (Lipinski definition) is 1. The summed E-state index contributed by atoms with van der Waals surface area (Å²) in [7, 11) is -3.58. The first-order valence-electron chi connectivity index (χ1n) is 8.49. The molecule has 2 saturated heterocycles. The lowest BCUT2D eigenvalue weighted by atomic mass is 10.0. The monoisotopic (exact) mass is 368 g/mol. The molecule has 0 aromatic heterocycles. The molecular formula is C17H24N2O5S. The summed E-state index contributed by atoms with van der Waals surface area (Å²) in [5.74, 6) is -0.807. The van der Waals surface area contributed by atoms with Gasteiger partial charge < -0.3 is 14.8 Å². The van der Waals surface area contributed by atoms with Gasteiger partial charge in [0, 0.05) is 38.5 Å². The van der Waals surface area contributed by atoms with Crippen LogP contribution in [0, 0.1) is 6.92 Å². The molecule has 1 aromatic carbocycles. The van der Waals surface area contributed by atoms with E-state index in [4.69, 9.17) is 9.47 Å². The van der Waals surface area contributed by atoms with E-state index < -0.39 is 15.8 Å². The molecule has 2 fully saturated rings. The number of ether oxygens (including phenoxy) is 2. The van der Waals surface area contributed by atoms with E-state index in [1.165, 1.54) is 11.2 Å². The number of nitrogens with one attached hydrogen (secondary N) is 1. The lowest BCUT2D eigenvalue weighted by molar-refractivity contribution is -0.280. The number of benzene rings is 1. The number of aryl methyl sites for hydroxylation is 1. The average Bonchev–Trinajstić information content (AvgIpc) is 2.55. The van der Waals surface area contributed by atoms with E-state index in [0.29, 0.717) is 50.4 Å². The molecule has 0 atom stereocenters. The molecule has 0 unspecified atom stereocenters. The normalized spacial score (nSPS) is 21.2. The fourth-order valence-corrected chi connectivity index (χ4v) is 4.98. The maximum atomic E-state index is 13.0. The molecule has 1 aromatic rings. The Morgan fingerprint density at radius 3 is 2.40 bits per heavy atom. The Bertz CT molecular complexity index is 746. The fourth-order valence-electron chi connectivity index (χ4n) is 3.33. The van der Waals surface area contributed by atoms with Gasteiger partial charge >= 0.3 is 0 Å². The van der Waals surface area contributed by atoms with Gasteiger partial charge in [-0.1, -0.05) is 0 Å². The maximum absolute atomic E-state index is 13.0. The summed E-state index contributed by atoms with van der Waals surface area (Å²) in [6.07, 6.45) is 1.95. The molecule has 7 nitrogen and oxygen atoms in total. The Morgan fingerprint density at radius 2 is 1.84 bits per heavy atom. The minimum Gasteiger partial charge on any atom is -0.350 e. The number of nitrogens with zero attached hydrogens (tertiary/aromatic N) is 1. The van der Waals surface area contributed by atoms with Gasteiger partial charge in [0.1, 0.15) is 0 Å². The zero-order chi connectivity index (χ0) is 18.1. The van der Waals surface area contributed by atoms with E-state index in [1.807, 2.05) is 0 Å². The van der Waals surface area contributed by atoms with Gasteiger partial charge in [0.05, 0.1) is 18.1 Å². The number of hydrogen-bond acceptors (Lipinski definition) is 5. The molecule has 0 aliphatic carbocycles. The Morgan fingerprint density at radius 1 is 1.20 bits per heavy atom. The van der Waals surface area contributed by atoms with Crippen molar-refractivity contribution in [3.63, 3.8) is 0 Å². The topological polar surface area (TPSA) is 84.9 Å². The van der Waals surface area contributed by atoms with Crippen molar-refractivity contribution in [1.29, 1.82) is 0 Å². The molecule has 3 rings (SSSR count). The zero-order valence-corrected chi connectivity index (χ0v) is 15.4. The van der Waals surface area contributed by atoms with Crippen molar-refractivity contribution >= 4 is 21.6 Å². The van der Waals surface area contributed by atoms with Crippen molar-refractivity contribution in [1.82, 2.24) is 4.31 Å². The summed E-state index contributed by atoms with van der Waals surface area (Å²) in [5, 5.41) is 2.66. The molecule has 2 aliphatic rings. The molecule has 138 valence electrons. The van der Waals surface area contributed by atoms with Crippen LogP contribution in [-0.2, 0) is 24.3 Å². The zero-order valence-electron chi connectivity index (χ0n) is 14.6. The summed E-state index contributed by atoms with van der Waals surface area (Å²) in [5.41, 5.74) is 1.20. The van der Waals surface area contributed by atoms with E-state index in [-0.39, 0.29) is 10.8 Å². The van der Waals surface area contributed by atoms with Crippen molar-refractivity contribution in [2.45, 2.75) is 43.8 Å². The minimum absolute atomic E-state index is 0.191. The standard InChI is InChI=1S/C17H24N2O5S/c1-13-12-15(18-14(2)20)4-5-16(13)25(21,22)19-8-6-17(7-9-19)23-10-3-11-24-17/h4-5,12H,3,6-11H2,1-2H3,(H,18,20). The minimum atomic E-state index is -3.58. The van der Waals surface area contributed by atoms with Crippen molar-refractivity contribution in [2.24, 2.45) is 0 Å². The van der Waals surface area contributed by atoms with Crippen molar-refractivity contribution in [3.05, 3.63) is 23.8 Å². The molecule has 1 spiro atoms. The van der Waals surface area contributed by atoms with Crippen molar-refractivity contribution < 1.29 is 22.7 Å². The largest absolute Gasteiger partial charge is 0.350 e. The Balaban J connectivity index is 1.75. The van der Waals surface area contributed by atoms with Crippen LogP contribution in [-0.4, -0.2) is 50.7 Å². The molecule has 2 heterocycles. The van der Waals surface area contributed by atoms with E-state index in [2.05, 4.69) is 5.32 Å². The van der Waals surface area contributed by atoms with Crippen LogP contribution in [0.15, 0.2) is 23.1 Å². The van der Waals surface area contributed by atoms with Crippen LogP contribution in [0.2, 0.25) is 0 Å². The first kappa shape index (κ1) is 18.3. The second-order valence-electron chi connectivity index (χ2n) is 6.53. The summed E-state index contributed by atoms with van der Waals surface area (Å²) < 4.78 is 39.0. The molecule has 0 radical (unpaired) electrons. The molecule has 0 bridgehead atoms. The predicted molar refractivity (Wildman–Crippen MR) is 92.7 cm³/mol. The van der Waals surface area contributed by atoms with Crippen LogP contribution >= 0.6 is 0 Å². The third-order valence-electron chi connectivity index (χ3n) is 4.62. The molecular weight excluding hydrogens is 344 g/mol. The highest BCUT2D eigenvalue weighted by atomic mass is 32.2. The number of carbonyl (C=O) groups is 1. The highest BCUT2D eigenvalue weighted by Crippen LogP contribution is 2.33. The average molecular weight is 368 g/mol. The maximum Gasteiger partial charge on any atom is 0.243 e. The van der Waals surface area contributed by atoms with E-state index in [0.717, 1.165) is 6.42 Å². The van der Waals surface area contributed by atoms with Crippen LogP contribution in [0.3, 0.4) is 0 Å². The van der Waals surface area contributed by atoms with Crippen LogP contribution in [0.1, 0.15) is 31.7 Å². The van der Waals surface area contributed by atoms with Gasteiger partial charge in [0.15, 0.2) is 5.79 Å². The van der Waals surface area contributed by atoms with Gasteiger partial charge in [-0.15, -0.1) is 0 Å². The van der Waals surface area contributed by atoms with Crippen molar-refractivity contribution in [2.75, 3.05) is 31.6 Å². The van der Waals surface area contributed by atoms with Gasteiger partial charge in [-0.25, -0.2) is 8.42 Å². The van der Waals surface area contributed by atoms with Crippen LogP contribution < -0.4 is 5.32 Å². The number of rotatable bonds is 3. The highest BCUT2D eigenvalue weighted by Gasteiger charge is 2.41. The Labute approximate surface area is 148 Å². The SMILES string of the molecule is CC(=O)Nc1ccc(S(=O)(=O)N2CCC3(CC2)OCCCO3)c(C)c1. The Hall–Kier alpha value is -1.48. The number of sulfonamides is 1. The van der Waals surface area contributed by atoms with Crippen LogP contribution in [0.4, 0.5) is 5.69 Å². The lowest BCUT2D eigenvalue weighted by Gasteiger charge is -2.42. The van der Waals surface area contributed by atoms with E-state index >= 15 is 0 Å². The predicted octanol–water partition coefficient (Wildman–Crippen LogP) is 1.87. The van der Waals surface area contributed by atoms with Crippen LogP contribution in [0.5, 0.6) is 0 Å². The highest BCUT2D eigenvalue weighted by molar-refractivity contribution is 7.89. The first-order valence-corrected chi connectivity index (χ1v) is 9.93. The number of amides is 1. The number of anilines is 1. The third-order valence-corrected chi connectivity index (χ3v) is 6.68. The Kier molecular flexibility index (Phi) is 5.15. The van der Waals surface area contributed by atoms with E-state index in [9.17, 15) is 13.2 Å². The van der Waals surface area contributed by atoms with Gasteiger partial charge in [0.2, 0.25) is 15.9 Å². The van der Waals surface area contributed by atoms with Gasteiger partial charge in [-0.2, -0.15) is 4.31 Å². The summed E-state index contributed by atoms with van der Waals surface area (Å²) in [6, 6.07) is 4.83. The van der Waals surface area contributed by atoms with Crippen molar-refractivity contribution in [3.8, 4) is 0 Å². The van der Waals surface area contributed by atoms with Gasteiger partial charge in [-0.3, -0.25) is 4.79 Å². The third kappa shape index (κ3) is 3.87. The van der Waals surface area contributed by atoms with Gasteiger partial charge in [0.25, 0.3) is 0 Å². The smallest absolute Gasteiger partial charge is 0.243 e. The number of piperidine rings is 1. The quantitative estimate of drug-likeness (QED) is 0.880. The molecule has 8 heteroatoms. The van der Waals surface area contributed by atoms with Crippen LogP contribution in [0.25, 0.3) is 0 Å². The van der Waals surface area contributed by atoms with E-state index in [1.54, 1.807) is 25.1 Å².